The summed E-state index contributed by atoms with van der Waals surface area (Å²) in [6, 6.07) is 0.946. The number of aliphatic hydroxyl groups is 1. The van der Waals surface area contributed by atoms with E-state index in [0.29, 0.717) is 18.5 Å². The number of nitrogens with zero attached hydrogens (tertiary/aromatic N) is 1. The fraction of sp³-hybridized carbons (Fsp3) is 0.909. The van der Waals surface area contributed by atoms with Crippen LogP contribution in [0, 0.1) is 5.41 Å². The van der Waals surface area contributed by atoms with Gasteiger partial charge in [-0.1, -0.05) is 13.3 Å². The highest BCUT2D eigenvalue weighted by molar-refractivity contribution is 5.77. The minimum Gasteiger partial charge on any atom is -0.395 e. The third kappa shape index (κ3) is 3.47. The average molecular weight is 213 g/mol. The van der Waals surface area contributed by atoms with Gasteiger partial charge in [-0.15, -0.1) is 0 Å². The van der Waals surface area contributed by atoms with Crippen LogP contribution in [0.25, 0.3) is 0 Å². The predicted octanol–water partition coefficient (Wildman–Crippen LogP) is 0.938. The van der Waals surface area contributed by atoms with Crippen molar-refractivity contribution in [1.82, 2.24) is 4.90 Å². The smallest absolute Gasteiger partial charge is 0.0921 e. The van der Waals surface area contributed by atoms with Crippen molar-refractivity contribution in [1.29, 1.82) is 5.41 Å². The lowest BCUT2D eigenvalue weighted by atomic mass is 9.89. The molecule has 0 spiro atoms. The van der Waals surface area contributed by atoms with Crippen LogP contribution in [0.15, 0.2) is 0 Å². The Morgan fingerprint density at radius 2 is 2.27 bits per heavy atom. The number of aliphatic hydroxyl groups excluding tert-OH is 1. The topological polar surface area (TPSA) is 73.3 Å². The molecule has 15 heavy (non-hydrogen) atoms. The molecule has 1 aliphatic carbocycles. The first-order chi connectivity index (χ1) is 7.19. The third-order valence-electron chi connectivity index (χ3n) is 3.30. The van der Waals surface area contributed by atoms with Crippen LogP contribution in [0.1, 0.15) is 39.0 Å². The first kappa shape index (κ1) is 12.5. The number of rotatable bonds is 7. The molecule has 0 heterocycles. The van der Waals surface area contributed by atoms with E-state index in [4.69, 9.17) is 16.2 Å². The monoisotopic (exact) mass is 213 g/mol. The van der Waals surface area contributed by atoms with Crippen LogP contribution in [0.5, 0.6) is 0 Å². The second kappa shape index (κ2) is 6.08. The van der Waals surface area contributed by atoms with Crippen LogP contribution in [0.4, 0.5) is 0 Å². The van der Waals surface area contributed by atoms with E-state index in [0.717, 1.165) is 13.0 Å². The number of hydrogen-bond donors (Lipinski definition) is 3. The van der Waals surface area contributed by atoms with Crippen LogP contribution >= 0.6 is 0 Å². The number of nitrogens with one attached hydrogen (secondary N) is 1. The largest absolute Gasteiger partial charge is 0.395 e. The van der Waals surface area contributed by atoms with Crippen molar-refractivity contribution in [2.24, 2.45) is 5.73 Å². The summed E-state index contributed by atoms with van der Waals surface area (Å²) >= 11 is 0. The standard InChI is InChI=1S/C11H23N3O/c1-2-9(8-11(12)13)14(6-7-15)10-4-3-5-10/h9-10,15H,2-8H2,1H3,(H3,12,13). The Kier molecular flexibility index (Phi) is 5.05. The van der Waals surface area contributed by atoms with Crippen LogP contribution in [-0.2, 0) is 0 Å². The van der Waals surface area contributed by atoms with Gasteiger partial charge in [0.15, 0.2) is 0 Å². The van der Waals surface area contributed by atoms with Gasteiger partial charge in [-0.2, -0.15) is 0 Å². The molecule has 4 heteroatoms. The van der Waals surface area contributed by atoms with Crippen LogP contribution in [0.2, 0.25) is 0 Å². The van der Waals surface area contributed by atoms with E-state index in [2.05, 4.69) is 11.8 Å². The number of hydrogen-bond acceptors (Lipinski definition) is 3. The van der Waals surface area contributed by atoms with Gasteiger partial charge in [0.2, 0.25) is 0 Å². The van der Waals surface area contributed by atoms with Gasteiger partial charge in [-0.3, -0.25) is 10.3 Å². The van der Waals surface area contributed by atoms with E-state index >= 15 is 0 Å². The highest BCUT2D eigenvalue weighted by Gasteiger charge is 2.29. The first-order valence-electron chi connectivity index (χ1n) is 5.88. The zero-order valence-electron chi connectivity index (χ0n) is 9.58. The summed E-state index contributed by atoms with van der Waals surface area (Å²) in [7, 11) is 0. The van der Waals surface area contributed by atoms with Crippen molar-refractivity contribution >= 4 is 5.84 Å². The predicted molar refractivity (Wildman–Crippen MR) is 62.0 cm³/mol. The Hall–Kier alpha value is -0.610. The summed E-state index contributed by atoms with van der Waals surface area (Å²) in [6.07, 6.45) is 5.38. The molecule has 1 aliphatic rings. The lowest BCUT2D eigenvalue weighted by Crippen LogP contribution is -2.49. The lowest BCUT2D eigenvalue weighted by molar-refractivity contribution is 0.0604. The van der Waals surface area contributed by atoms with Crippen molar-refractivity contribution in [3.8, 4) is 0 Å². The Bertz CT molecular complexity index is 204. The Balaban J connectivity index is 2.53. The van der Waals surface area contributed by atoms with E-state index < -0.39 is 0 Å². The fourth-order valence-corrected chi connectivity index (χ4v) is 2.25. The fourth-order valence-electron chi connectivity index (χ4n) is 2.25. The van der Waals surface area contributed by atoms with Crippen LogP contribution in [-0.4, -0.2) is 41.1 Å². The molecule has 0 saturated heterocycles. The minimum atomic E-state index is 0.199. The molecule has 1 unspecified atom stereocenters. The minimum absolute atomic E-state index is 0.199. The lowest BCUT2D eigenvalue weighted by Gasteiger charge is -2.42. The summed E-state index contributed by atoms with van der Waals surface area (Å²) in [4.78, 5) is 2.34. The molecule has 0 aromatic rings. The quantitative estimate of drug-likeness (QED) is 0.435. The molecule has 0 bridgehead atoms. The average Bonchev–Trinajstić information content (AvgIpc) is 2.10. The van der Waals surface area contributed by atoms with Crippen molar-refractivity contribution in [2.45, 2.75) is 51.1 Å². The Labute approximate surface area is 92.0 Å². The summed E-state index contributed by atoms with van der Waals surface area (Å²) in [5.41, 5.74) is 5.46. The highest BCUT2D eigenvalue weighted by Crippen LogP contribution is 2.27. The molecule has 1 atom stereocenters. The van der Waals surface area contributed by atoms with Gasteiger partial charge >= 0.3 is 0 Å². The molecule has 1 rings (SSSR count). The molecule has 0 aromatic heterocycles. The molecule has 88 valence electrons. The molecule has 1 fully saturated rings. The van der Waals surface area contributed by atoms with E-state index in [9.17, 15) is 0 Å². The van der Waals surface area contributed by atoms with E-state index in [-0.39, 0.29) is 12.4 Å². The SMILES string of the molecule is CCC(CC(=N)N)N(CCO)C1CCC1. The van der Waals surface area contributed by atoms with Gasteiger partial charge in [-0.05, 0) is 19.3 Å². The maximum absolute atomic E-state index is 9.06. The van der Waals surface area contributed by atoms with Crippen molar-refractivity contribution in [2.75, 3.05) is 13.2 Å². The number of amidine groups is 1. The molecule has 4 N–H and O–H groups in total. The maximum atomic E-state index is 9.06. The summed E-state index contributed by atoms with van der Waals surface area (Å²) in [6.45, 7) is 3.04. The molecule has 0 aliphatic heterocycles. The van der Waals surface area contributed by atoms with Gasteiger partial charge in [0.25, 0.3) is 0 Å². The van der Waals surface area contributed by atoms with Crippen molar-refractivity contribution < 1.29 is 5.11 Å². The Morgan fingerprint density at radius 3 is 2.60 bits per heavy atom. The van der Waals surface area contributed by atoms with Crippen molar-refractivity contribution in [3.05, 3.63) is 0 Å². The zero-order chi connectivity index (χ0) is 11.3. The van der Waals surface area contributed by atoms with Gasteiger partial charge in [0, 0.05) is 25.0 Å². The van der Waals surface area contributed by atoms with Gasteiger partial charge in [0.05, 0.1) is 12.4 Å². The van der Waals surface area contributed by atoms with Crippen LogP contribution < -0.4 is 5.73 Å². The third-order valence-corrected chi connectivity index (χ3v) is 3.30. The summed E-state index contributed by atoms with van der Waals surface area (Å²) in [5.74, 6) is 0.254. The molecule has 4 nitrogen and oxygen atoms in total. The van der Waals surface area contributed by atoms with Gasteiger partial charge < -0.3 is 10.8 Å². The maximum Gasteiger partial charge on any atom is 0.0921 e. The molecule has 1 saturated carbocycles. The molecule has 0 amide bonds. The number of nitrogens with two attached hydrogens (primary N) is 1. The van der Waals surface area contributed by atoms with Crippen molar-refractivity contribution in [3.63, 3.8) is 0 Å². The van der Waals surface area contributed by atoms with Gasteiger partial charge in [-0.25, -0.2) is 0 Å². The Morgan fingerprint density at radius 1 is 1.60 bits per heavy atom. The van der Waals surface area contributed by atoms with E-state index in [1.807, 2.05) is 0 Å². The van der Waals surface area contributed by atoms with Crippen LogP contribution in [0.3, 0.4) is 0 Å². The van der Waals surface area contributed by atoms with E-state index in [1.165, 1.54) is 19.3 Å². The molecule has 0 radical (unpaired) electrons. The van der Waals surface area contributed by atoms with Gasteiger partial charge in [0.1, 0.15) is 0 Å². The first-order valence-corrected chi connectivity index (χ1v) is 5.88. The molecular formula is C11H23N3O. The summed E-state index contributed by atoms with van der Waals surface area (Å²) in [5, 5.41) is 16.4. The second-order valence-electron chi connectivity index (χ2n) is 4.34. The van der Waals surface area contributed by atoms with E-state index in [1.54, 1.807) is 0 Å². The summed E-state index contributed by atoms with van der Waals surface area (Å²) < 4.78 is 0. The molecule has 0 aromatic carbocycles. The molecular weight excluding hydrogens is 190 g/mol. The zero-order valence-corrected chi connectivity index (χ0v) is 9.58. The highest BCUT2D eigenvalue weighted by atomic mass is 16.3. The second-order valence-corrected chi connectivity index (χ2v) is 4.34. The normalized spacial score (nSPS) is 18.9.